The van der Waals surface area contributed by atoms with E-state index in [-0.39, 0.29) is 12.4 Å². The summed E-state index contributed by atoms with van der Waals surface area (Å²) < 4.78 is 5.55. The van der Waals surface area contributed by atoms with Gasteiger partial charge >= 0.3 is 0 Å². The van der Waals surface area contributed by atoms with Crippen molar-refractivity contribution in [3.8, 4) is 5.75 Å². The number of benzene rings is 2. The van der Waals surface area contributed by atoms with Gasteiger partial charge in [-0.15, -0.1) is 12.4 Å². The van der Waals surface area contributed by atoms with Gasteiger partial charge < -0.3 is 4.74 Å². The van der Waals surface area contributed by atoms with Crippen LogP contribution in [0.2, 0.25) is 5.02 Å². The Balaban J connectivity index is 0.00000192. The van der Waals surface area contributed by atoms with Crippen molar-refractivity contribution < 1.29 is 4.74 Å². The lowest BCUT2D eigenvalue weighted by Gasteiger charge is -2.15. The van der Waals surface area contributed by atoms with Gasteiger partial charge in [0.2, 0.25) is 0 Å². The Morgan fingerprint density at radius 1 is 1.22 bits per heavy atom. The molecule has 3 rings (SSSR count). The van der Waals surface area contributed by atoms with Crippen LogP contribution >= 0.6 is 24.0 Å². The van der Waals surface area contributed by atoms with E-state index in [1.807, 2.05) is 18.2 Å². The van der Waals surface area contributed by atoms with Crippen molar-refractivity contribution in [2.24, 2.45) is 0 Å². The van der Waals surface area contributed by atoms with Gasteiger partial charge in [-0.1, -0.05) is 48.0 Å². The zero-order valence-electron chi connectivity index (χ0n) is 13.2. The Morgan fingerprint density at radius 3 is 2.91 bits per heavy atom. The highest BCUT2D eigenvalue weighted by Gasteiger charge is 2.12. The molecule has 0 spiro atoms. The van der Waals surface area contributed by atoms with Crippen LogP contribution in [0.1, 0.15) is 16.7 Å². The number of likely N-dealkylation sites (N-methyl/N-ethyl adjacent to an activating group) is 1. The van der Waals surface area contributed by atoms with Crippen molar-refractivity contribution in [3.63, 3.8) is 0 Å². The molecule has 4 heteroatoms. The molecule has 1 aliphatic rings. The maximum atomic E-state index is 5.99. The molecule has 1 heterocycles. The zero-order valence-corrected chi connectivity index (χ0v) is 14.7. The maximum Gasteiger partial charge on any atom is 0.122 e. The topological polar surface area (TPSA) is 12.5 Å². The van der Waals surface area contributed by atoms with E-state index in [0.717, 1.165) is 42.5 Å². The largest absolute Gasteiger partial charge is 0.493 e. The highest BCUT2D eigenvalue weighted by molar-refractivity contribution is 6.30. The average Bonchev–Trinajstić information content (AvgIpc) is 2.95. The molecule has 2 aromatic carbocycles. The average molecular weight is 350 g/mol. The van der Waals surface area contributed by atoms with Gasteiger partial charge in [0.1, 0.15) is 5.75 Å². The number of ether oxygens (including phenoxy) is 1. The Bertz CT molecular complexity index is 685. The Labute approximate surface area is 149 Å². The Hall–Kier alpha value is -1.48. The molecular weight excluding hydrogens is 329 g/mol. The van der Waals surface area contributed by atoms with Crippen LogP contribution in [-0.2, 0) is 13.0 Å². The SMILES string of the molecule is CN(C/C=C/c1cccc(Cl)c1)Cc1ccc2c(c1)CCO2.Cl. The van der Waals surface area contributed by atoms with Gasteiger partial charge in [0.05, 0.1) is 6.61 Å². The van der Waals surface area contributed by atoms with E-state index in [0.29, 0.717) is 0 Å². The standard InChI is InChI=1S/C19H20ClNO.ClH/c1-21(10-3-5-15-4-2-6-18(20)13-15)14-16-7-8-19-17(12-16)9-11-22-19;/h2-8,12-13H,9-11,14H2,1H3;1H/b5-3+;. The van der Waals surface area contributed by atoms with Crippen LogP contribution in [0.4, 0.5) is 0 Å². The summed E-state index contributed by atoms with van der Waals surface area (Å²) in [6.07, 6.45) is 5.31. The lowest BCUT2D eigenvalue weighted by molar-refractivity contribution is 0.356. The monoisotopic (exact) mass is 349 g/mol. The molecule has 0 atom stereocenters. The number of halogens is 2. The molecule has 2 nitrogen and oxygen atoms in total. The Morgan fingerprint density at radius 2 is 2.09 bits per heavy atom. The van der Waals surface area contributed by atoms with Gasteiger partial charge in [0, 0.05) is 24.5 Å². The van der Waals surface area contributed by atoms with Crippen molar-refractivity contribution in [2.75, 3.05) is 20.2 Å². The molecule has 0 saturated carbocycles. The van der Waals surface area contributed by atoms with Crippen LogP contribution in [0.3, 0.4) is 0 Å². The zero-order chi connectivity index (χ0) is 15.4. The minimum absolute atomic E-state index is 0. The summed E-state index contributed by atoms with van der Waals surface area (Å²) in [7, 11) is 2.13. The molecule has 0 fully saturated rings. The summed E-state index contributed by atoms with van der Waals surface area (Å²) in [4.78, 5) is 2.29. The smallest absolute Gasteiger partial charge is 0.122 e. The molecule has 0 unspecified atom stereocenters. The lowest BCUT2D eigenvalue weighted by atomic mass is 10.1. The van der Waals surface area contributed by atoms with Crippen LogP contribution in [-0.4, -0.2) is 25.1 Å². The van der Waals surface area contributed by atoms with E-state index in [2.05, 4.69) is 48.4 Å². The second-order valence-corrected chi connectivity index (χ2v) is 6.13. The summed E-state index contributed by atoms with van der Waals surface area (Å²) in [6.45, 7) is 2.66. The van der Waals surface area contributed by atoms with Crippen molar-refractivity contribution >= 4 is 30.1 Å². The number of nitrogens with zero attached hydrogens (tertiary/aromatic N) is 1. The molecule has 0 saturated heterocycles. The predicted octanol–water partition coefficient (Wildman–Crippen LogP) is 4.84. The van der Waals surface area contributed by atoms with Crippen molar-refractivity contribution in [2.45, 2.75) is 13.0 Å². The van der Waals surface area contributed by atoms with Crippen LogP contribution in [0.15, 0.2) is 48.5 Å². The first-order valence-corrected chi connectivity index (χ1v) is 7.94. The first kappa shape index (κ1) is 17.9. The second-order valence-electron chi connectivity index (χ2n) is 5.69. The Kier molecular flexibility index (Phi) is 6.52. The van der Waals surface area contributed by atoms with Gasteiger partial charge in [-0.2, -0.15) is 0 Å². The first-order valence-electron chi connectivity index (χ1n) is 7.56. The van der Waals surface area contributed by atoms with Crippen molar-refractivity contribution in [3.05, 3.63) is 70.3 Å². The van der Waals surface area contributed by atoms with E-state index in [4.69, 9.17) is 16.3 Å². The fraction of sp³-hybridized carbons (Fsp3) is 0.263. The summed E-state index contributed by atoms with van der Waals surface area (Å²) >= 11 is 5.99. The van der Waals surface area contributed by atoms with E-state index >= 15 is 0 Å². The van der Waals surface area contributed by atoms with E-state index in [1.54, 1.807) is 0 Å². The highest BCUT2D eigenvalue weighted by Crippen LogP contribution is 2.26. The number of fused-ring (bicyclic) bond motifs is 1. The fourth-order valence-electron chi connectivity index (χ4n) is 2.69. The van der Waals surface area contributed by atoms with Gasteiger partial charge in [0.25, 0.3) is 0 Å². The summed E-state index contributed by atoms with van der Waals surface area (Å²) in [6, 6.07) is 14.4. The van der Waals surface area contributed by atoms with Crippen LogP contribution < -0.4 is 4.74 Å². The molecule has 0 N–H and O–H groups in total. The minimum Gasteiger partial charge on any atom is -0.493 e. The highest BCUT2D eigenvalue weighted by atomic mass is 35.5. The quantitative estimate of drug-likeness (QED) is 0.765. The summed E-state index contributed by atoms with van der Waals surface area (Å²) in [5.74, 6) is 1.05. The molecule has 122 valence electrons. The third kappa shape index (κ3) is 5.00. The number of hydrogen-bond donors (Lipinski definition) is 0. The number of rotatable bonds is 5. The normalized spacial score (nSPS) is 13.0. The lowest BCUT2D eigenvalue weighted by Crippen LogP contribution is -2.17. The molecular formula is C19H21Cl2NO. The molecule has 2 aromatic rings. The molecule has 0 aliphatic carbocycles. The van der Waals surface area contributed by atoms with Crippen molar-refractivity contribution in [1.29, 1.82) is 0 Å². The van der Waals surface area contributed by atoms with Gasteiger partial charge in [-0.05, 0) is 41.9 Å². The summed E-state index contributed by atoms with van der Waals surface area (Å²) in [5, 5.41) is 0.774. The van der Waals surface area contributed by atoms with Crippen LogP contribution in [0, 0.1) is 0 Å². The van der Waals surface area contributed by atoms with E-state index in [1.165, 1.54) is 11.1 Å². The maximum absolute atomic E-state index is 5.99. The third-order valence-corrected chi connectivity index (χ3v) is 4.02. The molecule has 23 heavy (non-hydrogen) atoms. The van der Waals surface area contributed by atoms with Crippen LogP contribution in [0.25, 0.3) is 6.08 Å². The second kappa shape index (κ2) is 8.39. The van der Waals surface area contributed by atoms with Gasteiger partial charge in [0.15, 0.2) is 0 Å². The molecule has 0 radical (unpaired) electrons. The van der Waals surface area contributed by atoms with E-state index in [9.17, 15) is 0 Å². The summed E-state index contributed by atoms with van der Waals surface area (Å²) in [5.41, 5.74) is 3.80. The fourth-order valence-corrected chi connectivity index (χ4v) is 2.89. The van der Waals surface area contributed by atoms with Crippen LogP contribution in [0.5, 0.6) is 5.75 Å². The first-order chi connectivity index (χ1) is 10.7. The molecule has 0 amide bonds. The van der Waals surface area contributed by atoms with Crippen molar-refractivity contribution in [1.82, 2.24) is 4.90 Å². The molecule has 1 aliphatic heterocycles. The van der Waals surface area contributed by atoms with E-state index < -0.39 is 0 Å². The third-order valence-electron chi connectivity index (χ3n) is 3.78. The predicted molar refractivity (Wildman–Crippen MR) is 99.7 cm³/mol. The van der Waals surface area contributed by atoms with Gasteiger partial charge in [-0.25, -0.2) is 0 Å². The molecule has 0 bridgehead atoms. The molecule has 0 aromatic heterocycles. The van der Waals surface area contributed by atoms with Gasteiger partial charge in [-0.3, -0.25) is 4.90 Å². The minimum atomic E-state index is 0. The number of hydrogen-bond acceptors (Lipinski definition) is 2.